The summed E-state index contributed by atoms with van der Waals surface area (Å²) in [5, 5.41) is 14.5. The summed E-state index contributed by atoms with van der Waals surface area (Å²) in [4.78, 5) is 18.2. The first-order chi connectivity index (χ1) is 10.9. The topological polar surface area (TPSA) is 114 Å². The molecule has 6 nitrogen and oxygen atoms in total. The van der Waals surface area contributed by atoms with Crippen molar-refractivity contribution >= 4 is 22.9 Å². The molecule has 0 amide bonds. The molecule has 1 aromatic heterocycles. The van der Waals surface area contributed by atoms with Crippen molar-refractivity contribution in [3.8, 4) is 0 Å². The number of nitrogens with two attached hydrogens (primary N) is 1. The van der Waals surface area contributed by atoms with Crippen LogP contribution in [0.15, 0.2) is 22.8 Å². The third-order valence-electron chi connectivity index (χ3n) is 2.75. The van der Waals surface area contributed by atoms with Crippen LogP contribution in [0.1, 0.15) is 18.1 Å². The van der Waals surface area contributed by atoms with E-state index in [1.807, 2.05) is 0 Å². The highest BCUT2D eigenvalue weighted by molar-refractivity contribution is 6.27. The number of carbonyl (C=O) groups is 2. The molecule has 0 spiro atoms. The number of benzene rings is 1. The summed E-state index contributed by atoms with van der Waals surface area (Å²) in [5.41, 5.74) is 4.99. The minimum Gasteiger partial charge on any atom is -0.473 e. The molecular formula is C14H13F4NO5. The summed E-state index contributed by atoms with van der Waals surface area (Å²) < 4.78 is 56.3. The molecule has 24 heavy (non-hydrogen) atoms. The van der Waals surface area contributed by atoms with Gasteiger partial charge in [0.05, 0.1) is 0 Å². The second kappa shape index (κ2) is 7.30. The van der Waals surface area contributed by atoms with Crippen molar-refractivity contribution in [1.82, 2.24) is 0 Å². The SMILES string of the molecule is CC(N)Cc1cc(F)cc2c(C(F)(F)F)coc12.O=C(O)C(=O)O. The summed E-state index contributed by atoms with van der Waals surface area (Å²) in [6, 6.07) is 1.68. The van der Waals surface area contributed by atoms with Crippen LogP contribution >= 0.6 is 0 Å². The molecule has 10 heteroatoms. The normalized spacial score (nSPS) is 12.4. The van der Waals surface area contributed by atoms with Crippen LogP contribution in [0.2, 0.25) is 0 Å². The van der Waals surface area contributed by atoms with Gasteiger partial charge in [-0.05, 0) is 31.0 Å². The second-order valence-corrected chi connectivity index (χ2v) is 4.88. The smallest absolute Gasteiger partial charge is 0.420 e. The van der Waals surface area contributed by atoms with E-state index in [0.29, 0.717) is 11.8 Å². The van der Waals surface area contributed by atoms with Crippen molar-refractivity contribution < 1.29 is 41.8 Å². The number of aliphatic carboxylic acids is 2. The van der Waals surface area contributed by atoms with E-state index in [0.717, 1.165) is 12.1 Å². The lowest BCUT2D eigenvalue weighted by molar-refractivity contribution is -0.159. The van der Waals surface area contributed by atoms with Crippen LogP contribution in [-0.4, -0.2) is 28.2 Å². The Morgan fingerprint density at radius 3 is 2.21 bits per heavy atom. The molecule has 0 saturated heterocycles. The number of fused-ring (bicyclic) bond motifs is 1. The molecule has 0 bridgehead atoms. The van der Waals surface area contributed by atoms with Gasteiger partial charge in [0.25, 0.3) is 0 Å². The Morgan fingerprint density at radius 2 is 1.79 bits per heavy atom. The Morgan fingerprint density at radius 1 is 1.25 bits per heavy atom. The molecule has 1 atom stereocenters. The average molecular weight is 351 g/mol. The van der Waals surface area contributed by atoms with E-state index in [1.165, 1.54) is 0 Å². The van der Waals surface area contributed by atoms with E-state index in [9.17, 15) is 17.6 Å². The van der Waals surface area contributed by atoms with Crippen molar-refractivity contribution in [3.63, 3.8) is 0 Å². The van der Waals surface area contributed by atoms with Crippen molar-refractivity contribution in [2.45, 2.75) is 25.6 Å². The first-order valence-corrected chi connectivity index (χ1v) is 6.42. The molecule has 2 rings (SSSR count). The van der Waals surface area contributed by atoms with Gasteiger partial charge >= 0.3 is 18.1 Å². The van der Waals surface area contributed by atoms with Gasteiger partial charge in [-0.15, -0.1) is 0 Å². The lowest BCUT2D eigenvalue weighted by Gasteiger charge is -2.07. The van der Waals surface area contributed by atoms with Crippen LogP contribution in [0.5, 0.6) is 0 Å². The van der Waals surface area contributed by atoms with Crippen molar-refractivity contribution in [2.75, 3.05) is 0 Å². The predicted octanol–water partition coefficient (Wildman–Crippen LogP) is 2.64. The first kappa shape index (κ1) is 19.4. The maximum absolute atomic E-state index is 13.3. The second-order valence-electron chi connectivity index (χ2n) is 4.88. The Bertz CT molecular complexity index is 739. The quantitative estimate of drug-likeness (QED) is 0.566. The van der Waals surface area contributed by atoms with Gasteiger partial charge in [-0.3, -0.25) is 0 Å². The van der Waals surface area contributed by atoms with Crippen LogP contribution < -0.4 is 5.73 Å². The van der Waals surface area contributed by atoms with Crippen LogP contribution in [0.25, 0.3) is 11.0 Å². The van der Waals surface area contributed by atoms with Gasteiger partial charge in [-0.25, -0.2) is 14.0 Å². The van der Waals surface area contributed by atoms with Gasteiger partial charge in [0, 0.05) is 11.4 Å². The maximum Gasteiger partial charge on any atom is 0.420 e. The largest absolute Gasteiger partial charge is 0.473 e. The third-order valence-corrected chi connectivity index (χ3v) is 2.75. The highest BCUT2D eigenvalue weighted by Crippen LogP contribution is 2.37. The molecule has 0 radical (unpaired) electrons. The summed E-state index contributed by atoms with van der Waals surface area (Å²) >= 11 is 0. The fraction of sp³-hybridized carbons (Fsp3) is 0.286. The van der Waals surface area contributed by atoms with Crippen molar-refractivity contribution in [3.05, 3.63) is 35.3 Å². The lowest BCUT2D eigenvalue weighted by Crippen LogP contribution is -2.18. The Labute approximate surface area is 132 Å². The average Bonchev–Trinajstić information content (AvgIpc) is 2.82. The van der Waals surface area contributed by atoms with Crippen molar-refractivity contribution in [1.29, 1.82) is 0 Å². The molecule has 1 heterocycles. The molecule has 0 saturated carbocycles. The number of hydrogen-bond donors (Lipinski definition) is 3. The number of halogens is 4. The zero-order valence-electron chi connectivity index (χ0n) is 12.2. The van der Waals surface area contributed by atoms with E-state index >= 15 is 0 Å². The zero-order valence-corrected chi connectivity index (χ0v) is 12.2. The fourth-order valence-corrected chi connectivity index (χ4v) is 1.89. The number of carboxylic acids is 2. The number of rotatable bonds is 2. The summed E-state index contributed by atoms with van der Waals surface area (Å²) in [7, 11) is 0. The zero-order chi connectivity index (χ0) is 18.7. The summed E-state index contributed by atoms with van der Waals surface area (Å²) in [6.45, 7) is 1.68. The number of alkyl halides is 3. The number of hydrogen-bond acceptors (Lipinski definition) is 4. The van der Waals surface area contributed by atoms with Crippen LogP contribution in [0.4, 0.5) is 17.6 Å². The molecule has 0 aliphatic carbocycles. The predicted molar refractivity (Wildman–Crippen MR) is 73.8 cm³/mol. The standard InChI is InChI=1S/C12H11F4NO.C2H2O4/c1-6(17)2-7-3-8(13)4-9-10(12(14,15)16)5-18-11(7)9;3-1(4)2(5)6/h3-6H,2,17H2,1H3;(H,3,4)(H,5,6). The van der Waals surface area contributed by atoms with Gasteiger partial charge in [-0.2, -0.15) is 13.2 Å². The van der Waals surface area contributed by atoms with Crippen LogP contribution in [0, 0.1) is 5.82 Å². The third kappa shape index (κ3) is 4.95. The number of carboxylic acid groups (broad SMARTS) is 2. The van der Waals surface area contributed by atoms with E-state index in [2.05, 4.69) is 0 Å². The maximum atomic E-state index is 13.3. The Hall–Kier alpha value is -2.62. The molecular weight excluding hydrogens is 338 g/mol. The lowest BCUT2D eigenvalue weighted by atomic mass is 10.0. The van der Waals surface area contributed by atoms with Gasteiger partial charge in [0.2, 0.25) is 0 Å². The molecule has 0 aliphatic heterocycles. The van der Waals surface area contributed by atoms with E-state index in [4.69, 9.17) is 30.0 Å². The van der Waals surface area contributed by atoms with E-state index in [-0.39, 0.29) is 23.4 Å². The summed E-state index contributed by atoms with van der Waals surface area (Å²) in [5.74, 6) is -4.38. The molecule has 1 unspecified atom stereocenters. The van der Waals surface area contributed by atoms with E-state index in [1.54, 1.807) is 6.92 Å². The van der Waals surface area contributed by atoms with E-state index < -0.39 is 29.5 Å². The molecule has 0 fully saturated rings. The van der Waals surface area contributed by atoms with Crippen LogP contribution in [-0.2, 0) is 22.2 Å². The highest BCUT2D eigenvalue weighted by Gasteiger charge is 2.35. The summed E-state index contributed by atoms with van der Waals surface area (Å²) in [6.07, 6.45) is -3.71. The molecule has 1 aromatic carbocycles. The molecule has 2 aromatic rings. The van der Waals surface area contributed by atoms with Crippen molar-refractivity contribution in [2.24, 2.45) is 5.73 Å². The first-order valence-electron chi connectivity index (χ1n) is 6.42. The van der Waals surface area contributed by atoms with Gasteiger partial charge in [0.15, 0.2) is 0 Å². The van der Waals surface area contributed by atoms with Gasteiger partial charge < -0.3 is 20.4 Å². The molecule has 0 aliphatic rings. The number of furan rings is 1. The minimum absolute atomic E-state index is 0.0426. The van der Waals surface area contributed by atoms with Gasteiger partial charge in [-0.1, -0.05) is 0 Å². The molecule has 132 valence electrons. The van der Waals surface area contributed by atoms with Crippen LogP contribution in [0.3, 0.4) is 0 Å². The molecule has 4 N–H and O–H groups in total. The Balaban J connectivity index is 0.000000413. The van der Waals surface area contributed by atoms with Gasteiger partial charge in [0.1, 0.15) is 23.2 Å². The minimum atomic E-state index is -4.56. The fourth-order valence-electron chi connectivity index (χ4n) is 1.89. The highest BCUT2D eigenvalue weighted by atomic mass is 19.4. The Kier molecular flexibility index (Phi) is 5.91. The monoisotopic (exact) mass is 351 g/mol.